The molecule has 1 atom stereocenters. The number of aromatic nitrogens is 2. The van der Waals surface area contributed by atoms with E-state index in [1.165, 1.54) is 12.1 Å². The molecule has 1 aromatic heterocycles. The number of fused-ring (bicyclic) bond motifs is 1. The smallest absolute Gasteiger partial charge is 0.318 e. The highest BCUT2D eigenvalue weighted by atomic mass is 19.1. The van der Waals surface area contributed by atoms with Gasteiger partial charge in [-0.2, -0.15) is 0 Å². The quantitative estimate of drug-likeness (QED) is 0.616. The summed E-state index contributed by atoms with van der Waals surface area (Å²) in [5.41, 5.74) is 2.50. The number of nitrogens with zero attached hydrogens (tertiary/aromatic N) is 3. The van der Waals surface area contributed by atoms with E-state index in [1.807, 2.05) is 24.3 Å². The second-order valence-electron chi connectivity index (χ2n) is 7.21. The molecule has 1 fully saturated rings. The molecule has 0 radical (unpaired) electrons. The zero-order valence-corrected chi connectivity index (χ0v) is 16.6. The van der Waals surface area contributed by atoms with Gasteiger partial charge in [0.2, 0.25) is 11.9 Å². The zero-order chi connectivity index (χ0) is 21.1. The zero-order valence-electron chi connectivity index (χ0n) is 16.6. The van der Waals surface area contributed by atoms with Crippen LogP contribution in [0.15, 0.2) is 48.5 Å². The van der Waals surface area contributed by atoms with Gasteiger partial charge in [0.05, 0.1) is 11.0 Å². The van der Waals surface area contributed by atoms with E-state index in [9.17, 15) is 14.0 Å². The molecule has 1 saturated heterocycles. The maximum absolute atomic E-state index is 13.1. The second-order valence-corrected chi connectivity index (χ2v) is 7.21. The number of rotatable bonds is 4. The number of halogens is 1. The third-order valence-corrected chi connectivity index (χ3v) is 5.12. The summed E-state index contributed by atoms with van der Waals surface area (Å²) in [6, 6.07) is 12.8. The molecule has 156 valence electrons. The molecule has 3 amide bonds. The number of H-pyrrole nitrogens is 1. The minimum Gasteiger partial charge on any atom is -0.368 e. The molecule has 1 aliphatic rings. The predicted molar refractivity (Wildman–Crippen MR) is 113 cm³/mol. The SMILES string of the molecule is CC(NC(=O)N1CCN(c2ccc(F)cc2)CC1)C(=O)Nc1nc2ccccc2[nH]1. The molecule has 3 N–H and O–H groups in total. The van der Waals surface area contributed by atoms with Gasteiger partial charge in [0.1, 0.15) is 11.9 Å². The Labute approximate surface area is 173 Å². The van der Waals surface area contributed by atoms with Gasteiger partial charge in [0.25, 0.3) is 0 Å². The lowest BCUT2D eigenvalue weighted by Crippen LogP contribution is -2.54. The van der Waals surface area contributed by atoms with Crippen LogP contribution < -0.4 is 15.5 Å². The van der Waals surface area contributed by atoms with Gasteiger partial charge in [0, 0.05) is 31.9 Å². The van der Waals surface area contributed by atoms with Crippen molar-refractivity contribution in [2.45, 2.75) is 13.0 Å². The van der Waals surface area contributed by atoms with Crippen molar-refractivity contribution in [2.24, 2.45) is 0 Å². The maximum atomic E-state index is 13.1. The number of hydrogen-bond donors (Lipinski definition) is 3. The number of carbonyl (C=O) groups is 2. The number of para-hydroxylation sites is 2. The minimum atomic E-state index is -0.721. The van der Waals surface area contributed by atoms with Crippen LogP contribution in [0.4, 0.5) is 20.8 Å². The van der Waals surface area contributed by atoms with Gasteiger partial charge in [0.15, 0.2) is 0 Å². The van der Waals surface area contributed by atoms with Crippen LogP contribution in [0.1, 0.15) is 6.92 Å². The first-order chi connectivity index (χ1) is 14.5. The van der Waals surface area contributed by atoms with Gasteiger partial charge in [-0.3, -0.25) is 10.1 Å². The number of hydrogen-bond acceptors (Lipinski definition) is 4. The summed E-state index contributed by atoms with van der Waals surface area (Å²) < 4.78 is 13.1. The van der Waals surface area contributed by atoms with E-state index in [4.69, 9.17) is 0 Å². The molecular formula is C21H23FN6O2. The van der Waals surface area contributed by atoms with Crippen molar-refractivity contribution in [3.63, 3.8) is 0 Å². The normalized spacial score (nSPS) is 15.1. The first kappa shape index (κ1) is 19.7. The van der Waals surface area contributed by atoms with E-state index >= 15 is 0 Å². The molecule has 2 aromatic carbocycles. The van der Waals surface area contributed by atoms with Crippen LogP contribution in [-0.4, -0.2) is 59.0 Å². The van der Waals surface area contributed by atoms with Gasteiger partial charge >= 0.3 is 6.03 Å². The number of nitrogens with one attached hydrogen (secondary N) is 3. The van der Waals surface area contributed by atoms with Crippen molar-refractivity contribution in [2.75, 3.05) is 36.4 Å². The highest BCUT2D eigenvalue weighted by molar-refractivity contribution is 5.96. The standard InChI is InChI=1S/C21H23FN6O2/c1-14(19(29)26-20-24-17-4-2-3-5-18(17)25-20)23-21(30)28-12-10-27(11-13-28)16-8-6-15(22)7-9-16/h2-9,14H,10-13H2,1H3,(H,23,30)(H2,24,25,26,29). The number of anilines is 2. The fourth-order valence-electron chi connectivity index (χ4n) is 3.40. The average Bonchev–Trinajstić information content (AvgIpc) is 3.16. The molecule has 4 rings (SSSR count). The second kappa shape index (κ2) is 8.40. The van der Waals surface area contributed by atoms with E-state index in [0.717, 1.165) is 16.7 Å². The molecule has 9 heteroatoms. The predicted octanol–water partition coefficient (Wildman–Crippen LogP) is 2.56. The van der Waals surface area contributed by atoms with Crippen LogP contribution in [-0.2, 0) is 4.79 Å². The van der Waals surface area contributed by atoms with Crippen molar-refractivity contribution < 1.29 is 14.0 Å². The topological polar surface area (TPSA) is 93.4 Å². The summed E-state index contributed by atoms with van der Waals surface area (Å²) in [6.45, 7) is 3.93. The third-order valence-electron chi connectivity index (χ3n) is 5.12. The third kappa shape index (κ3) is 4.35. The molecule has 0 bridgehead atoms. The highest BCUT2D eigenvalue weighted by Gasteiger charge is 2.24. The molecule has 0 saturated carbocycles. The van der Waals surface area contributed by atoms with Crippen LogP contribution in [0.5, 0.6) is 0 Å². The molecule has 1 unspecified atom stereocenters. The van der Waals surface area contributed by atoms with E-state index in [1.54, 1.807) is 24.0 Å². The van der Waals surface area contributed by atoms with Crippen molar-refractivity contribution in [3.05, 3.63) is 54.3 Å². The Hall–Kier alpha value is -3.62. The minimum absolute atomic E-state index is 0.272. The lowest BCUT2D eigenvalue weighted by atomic mass is 10.2. The van der Waals surface area contributed by atoms with Crippen LogP contribution in [0, 0.1) is 5.82 Å². The average molecular weight is 410 g/mol. The van der Waals surface area contributed by atoms with Gasteiger partial charge in [-0.1, -0.05) is 12.1 Å². The van der Waals surface area contributed by atoms with Crippen LogP contribution >= 0.6 is 0 Å². The van der Waals surface area contributed by atoms with E-state index in [-0.39, 0.29) is 17.8 Å². The van der Waals surface area contributed by atoms with E-state index < -0.39 is 6.04 Å². The highest BCUT2D eigenvalue weighted by Crippen LogP contribution is 2.17. The lowest BCUT2D eigenvalue weighted by Gasteiger charge is -2.36. The fraction of sp³-hybridized carbons (Fsp3) is 0.286. The maximum Gasteiger partial charge on any atom is 0.318 e. The number of amides is 3. The van der Waals surface area contributed by atoms with Gasteiger partial charge < -0.3 is 20.1 Å². The lowest BCUT2D eigenvalue weighted by molar-refractivity contribution is -0.117. The Kier molecular flexibility index (Phi) is 5.51. The monoisotopic (exact) mass is 410 g/mol. The van der Waals surface area contributed by atoms with Crippen LogP contribution in [0.25, 0.3) is 11.0 Å². The van der Waals surface area contributed by atoms with E-state index in [0.29, 0.717) is 32.1 Å². The molecular weight excluding hydrogens is 387 g/mol. The number of carbonyl (C=O) groups excluding carboxylic acids is 2. The number of urea groups is 1. The Balaban J connectivity index is 1.28. The van der Waals surface area contributed by atoms with Crippen molar-refractivity contribution in [3.8, 4) is 0 Å². The Morgan fingerprint density at radius 2 is 1.77 bits per heavy atom. The molecule has 0 aliphatic carbocycles. The Morgan fingerprint density at radius 1 is 1.07 bits per heavy atom. The van der Waals surface area contributed by atoms with Gasteiger partial charge in [-0.25, -0.2) is 14.2 Å². The summed E-state index contributed by atoms with van der Waals surface area (Å²) in [4.78, 5) is 36.1. The number of benzene rings is 2. The van der Waals surface area contributed by atoms with Gasteiger partial charge in [-0.15, -0.1) is 0 Å². The fourth-order valence-corrected chi connectivity index (χ4v) is 3.40. The van der Waals surface area contributed by atoms with Crippen molar-refractivity contribution >= 4 is 34.6 Å². The number of imidazole rings is 1. The van der Waals surface area contributed by atoms with Crippen LogP contribution in [0.2, 0.25) is 0 Å². The van der Waals surface area contributed by atoms with Gasteiger partial charge in [-0.05, 0) is 43.3 Å². The summed E-state index contributed by atoms with van der Waals surface area (Å²) in [5.74, 6) is -0.283. The largest absolute Gasteiger partial charge is 0.368 e. The molecule has 3 aromatic rings. The summed E-state index contributed by atoms with van der Waals surface area (Å²) in [5, 5.41) is 5.43. The molecule has 30 heavy (non-hydrogen) atoms. The number of piperazine rings is 1. The Morgan fingerprint density at radius 3 is 2.47 bits per heavy atom. The molecule has 1 aliphatic heterocycles. The van der Waals surface area contributed by atoms with Crippen molar-refractivity contribution in [1.82, 2.24) is 20.2 Å². The summed E-state index contributed by atoms with van der Waals surface area (Å²) in [6.07, 6.45) is 0. The first-order valence-electron chi connectivity index (χ1n) is 9.81. The Bertz CT molecular complexity index is 1010. The molecule has 0 spiro atoms. The number of aromatic amines is 1. The first-order valence-corrected chi connectivity index (χ1v) is 9.81. The van der Waals surface area contributed by atoms with Crippen molar-refractivity contribution in [1.29, 1.82) is 0 Å². The van der Waals surface area contributed by atoms with Crippen LogP contribution in [0.3, 0.4) is 0 Å². The summed E-state index contributed by atoms with van der Waals surface area (Å²) in [7, 11) is 0. The molecule has 2 heterocycles. The van der Waals surface area contributed by atoms with E-state index in [2.05, 4.69) is 25.5 Å². The summed E-state index contributed by atoms with van der Waals surface area (Å²) >= 11 is 0. The molecule has 8 nitrogen and oxygen atoms in total.